The summed E-state index contributed by atoms with van der Waals surface area (Å²) in [6.45, 7) is 5.71. The highest BCUT2D eigenvalue weighted by molar-refractivity contribution is 6.31. The molecular formula is C30H27ClF3N5O. The maximum absolute atomic E-state index is 13.5. The van der Waals surface area contributed by atoms with E-state index in [0.29, 0.717) is 35.5 Å². The summed E-state index contributed by atoms with van der Waals surface area (Å²) in [6.07, 6.45) is -1.66. The zero-order valence-corrected chi connectivity index (χ0v) is 23.0. The molecular weight excluding hydrogens is 539 g/mol. The van der Waals surface area contributed by atoms with Crippen LogP contribution in [0.15, 0.2) is 65.3 Å². The van der Waals surface area contributed by atoms with Crippen molar-refractivity contribution in [3.05, 3.63) is 104 Å². The molecule has 2 N–H and O–H groups in total. The number of carbonyl (C=O) groups is 1. The van der Waals surface area contributed by atoms with Gasteiger partial charge in [0.1, 0.15) is 5.82 Å². The van der Waals surface area contributed by atoms with E-state index in [9.17, 15) is 23.2 Å². The fourth-order valence-corrected chi connectivity index (χ4v) is 5.79. The summed E-state index contributed by atoms with van der Waals surface area (Å²) in [4.78, 5) is 15.3. The molecule has 206 valence electrons. The third kappa shape index (κ3) is 4.77. The summed E-state index contributed by atoms with van der Waals surface area (Å²) >= 11 is 6.43. The van der Waals surface area contributed by atoms with E-state index >= 15 is 0 Å². The number of ketones is 1. The first-order valence-corrected chi connectivity index (χ1v) is 13.2. The van der Waals surface area contributed by atoms with E-state index in [-0.39, 0.29) is 23.7 Å². The molecule has 2 heterocycles. The summed E-state index contributed by atoms with van der Waals surface area (Å²) in [5, 5.41) is 14.6. The van der Waals surface area contributed by atoms with Crippen LogP contribution in [-0.2, 0) is 17.5 Å². The van der Waals surface area contributed by atoms with Gasteiger partial charge < -0.3 is 5.73 Å². The number of hydrogen-bond acceptors (Lipinski definition) is 5. The quantitative estimate of drug-likeness (QED) is 0.374. The predicted molar refractivity (Wildman–Crippen MR) is 146 cm³/mol. The normalized spacial score (nSPS) is 17.8. The number of carbonyl (C=O) groups excluding carboxylic acids is 1. The van der Waals surface area contributed by atoms with Crippen LogP contribution in [0.4, 0.5) is 18.9 Å². The van der Waals surface area contributed by atoms with Crippen LogP contribution in [0.3, 0.4) is 0 Å². The van der Waals surface area contributed by atoms with Crippen molar-refractivity contribution in [1.82, 2.24) is 9.78 Å². The summed E-state index contributed by atoms with van der Waals surface area (Å²) in [6, 6.07) is 12.5. The van der Waals surface area contributed by atoms with Crippen molar-refractivity contribution >= 4 is 23.1 Å². The van der Waals surface area contributed by atoms with Gasteiger partial charge in [-0.3, -0.25) is 14.4 Å². The van der Waals surface area contributed by atoms with E-state index in [1.807, 2.05) is 45.0 Å². The lowest BCUT2D eigenvalue weighted by molar-refractivity contribution is -0.141. The van der Waals surface area contributed by atoms with Gasteiger partial charge in [-0.2, -0.15) is 23.5 Å². The fraction of sp³-hybridized carbons (Fsp3) is 0.300. The second-order valence-corrected chi connectivity index (χ2v) is 10.7. The van der Waals surface area contributed by atoms with Gasteiger partial charge in [0, 0.05) is 34.6 Å². The van der Waals surface area contributed by atoms with Crippen molar-refractivity contribution < 1.29 is 18.0 Å². The largest absolute Gasteiger partial charge is 0.435 e. The number of halogens is 4. The number of Topliss-reactive ketones (excluding diaryl/α,β-unsaturated/α-hetero) is 1. The Hall–Kier alpha value is -4.03. The lowest BCUT2D eigenvalue weighted by Crippen LogP contribution is -2.39. The molecule has 6 nitrogen and oxygen atoms in total. The fourth-order valence-electron chi connectivity index (χ4n) is 5.62. The molecule has 0 spiro atoms. The third-order valence-corrected chi connectivity index (χ3v) is 8.01. The Labute approximate surface area is 235 Å². The van der Waals surface area contributed by atoms with Crippen molar-refractivity contribution in [1.29, 1.82) is 5.26 Å². The van der Waals surface area contributed by atoms with Crippen LogP contribution in [0.1, 0.15) is 58.7 Å². The van der Waals surface area contributed by atoms with Gasteiger partial charge in [0.05, 0.1) is 24.1 Å². The van der Waals surface area contributed by atoms with Crippen LogP contribution < -0.4 is 10.6 Å². The van der Waals surface area contributed by atoms with Crippen molar-refractivity contribution in [3.63, 3.8) is 0 Å². The minimum absolute atomic E-state index is 0.0564. The van der Waals surface area contributed by atoms with Gasteiger partial charge in [0.25, 0.3) is 0 Å². The second kappa shape index (κ2) is 10.2. The Morgan fingerprint density at radius 2 is 1.90 bits per heavy atom. The highest BCUT2D eigenvalue weighted by atomic mass is 35.5. The van der Waals surface area contributed by atoms with Crippen LogP contribution in [0.25, 0.3) is 0 Å². The third-order valence-electron chi connectivity index (χ3n) is 7.60. The van der Waals surface area contributed by atoms with E-state index in [1.165, 1.54) is 10.9 Å². The predicted octanol–water partition coefficient (Wildman–Crippen LogP) is 6.83. The average Bonchev–Trinajstić information content (AvgIpc) is 3.37. The van der Waals surface area contributed by atoms with Gasteiger partial charge in [0.2, 0.25) is 0 Å². The van der Waals surface area contributed by atoms with Crippen molar-refractivity contribution in [2.75, 3.05) is 4.90 Å². The Balaban J connectivity index is 1.66. The van der Waals surface area contributed by atoms with Gasteiger partial charge >= 0.3 is 6.18 Å². The molecule has 2 aromatic carbocycles. The van der Waals surface area contributed by atoms with Crippen LogP contribution in [0.2, 0.25) is 5.02 Å². The molecule has 1 aliphatic heterocycles. The molecule has 40 heavy (non-hydrogen) atoms. The number of aryl methyl sites for hydroxylation is 2. The molecule has 2 aliphatic rings. The first-order valence-electron chi connectivity index (χ1n) is 12.8. The molecule has 3 aromatic rings. The van der Waals surface area contributed by atoms with E-state index in [2.05, 4.69) is 11.2 Å². The topological polar surface area (TPSA) is 87.9 Å². The number of rotatable bonds is 4. The molecule has 10 heteroatoms. The summed E-state index contributed by atoms with van der Waals surface area (Å²) in [7, 11) is 0. The first kappa shape index (κ1) is 27.5. The second-order valence-electron chi connectivity index (χ2n) is 10.3. The highest BCUT2D eigenvalue weighted by Crippen LogP contribution is 2.47. The van der Waals surface area contributed by atoms with Crippen LogP contribution >= 0.6 is 11.6 Å². The van der Waals surface area contributed by atoms with Gasteiger partial charge in [-0.25, -0.2) is 0 Å². The van der Waals surface area contributed by atoms with Crippen molar-refractivity contribution in [3.8, 4) is 6.07 Å². The Morgan fingerprint density at radius 1 is 1.15 bits per heavy atom. The lowest BCUT2D eigenvalue weighted by atomic mass is 9.73. The maximum atomic E-state index is 13.5. The Kier molecular flexibility index (Phi) is 7.01. The van der Waals surface area contributed by atoms with E-state index in [4.69, 9.17) is 17.3 Å². The summed E-state index contributed by atoms with van der Waals surface area (Å²) in [5.41, 5.74) is 11.9. The zero-order chi connectivity index (χ0) is 28.9. The Bertz CT molecular complexity index is 1640. The minimum atomic E-state index is -4.54. The molecule has 0 amide bonds. The highest BCUT2D eigenvalue weighted by Gasteiger charge is 2.41. The van der Waals surface area contributed by atoms with E-state index < -0.39 is 17.8 Å². The lowest BCUT2D eigenvalue weighted by Gasteiger charge is -2.40. The van der Waals surface area contributed by atoms with Crippen LogP contribution in [0, 0.1) is 32.1 Å². The SMILES string of the molecule is Cc1cc(Cn2ccc(C(F)(F)F)n2)c(C)c([C@@H]2C(C#N)=C(N)N(c3ccc(C)c(Cl)c3)C3=C2C(=O)CCC3)c1. The first-order chi connectivity index (χ1) is 18.9. The summed E-state index contributed by atoms with van der Waals surface area (Å²) < 4.78 is 40.6. The average molecular weight is 566 g/mol. The summed E-state index contributed by atoms with van der Waals surface area (Å²) in [5.74, 6) is -0.531. The van der Waals surface area contributed by atoms with E-state index in [1.54, 1.807) is 11.0 Å². The number of nitrogens with two attached hydrogens (primary N) is 1. The monoisotopic (exact) mass is 565 g/mol. The van der Waals surface area contributed by atoms with Crippen molar-refractivity contribution in [2.45, 2.75) is 58.7 Å². The molecule has 0 radical (unpaired) electrons. The number of anilines is 1. The molecule has 0 unspecified atom stereocenters. The molecule has 5 rings (SSSR count). The van der Waals surface area contributed by atoms with Crippen molar-refractivity contribution in [2.24, 2.45) is 5.73 Å². The number of nitrogens with zero attached hydrogens (tertiary/aromatic N) is 4. The number of allylic oxidation sites excluding steroid dienone is 3. The van der Waals surface area contributed by atoms with E-state index in [0.717, 1.165) is 39.6 Å². The Morgan fingerprint density at radius 3 is 2.55 bits per heavy atom. The molecule has 1 aliphatic carbocycles. The van der Waals surface area contributed by atoms with Crippen LogP contribution in [-0.4, -0.2) is 15.6 Å². The standard InChI is InChI=1S/C30H27ClF3N5O/c1-16-11-19(15-38-10-9-26(37-38)30(32,33)34)18(3)21(12-16)27-22(14-35)29(36)39(20-8-7-17(2)23(31)13-20)24-5-4-6-25(40)28(24)27/h7-13,27H,4-6,15,36H2,1-3H3/t27-/m1/s1. The number of alkyl halides is 3. The maximum Gasteiger partial charge on any atom is 0.435 e. The number of aromatic nitrogens is 2. The van der Waals surface area contributed by atoms with Gasteiger partial charge in [-0.15, -0.1) is 0 Å². The molecule has 0 saturated carbocycles. The molecule has 0 bridgehead atoms. The van der Waals surface area contributed by atoms with Gasteiger partial charge in [-0.1, -0.05) is 35.4 Å². The molecule has 1 atom stereocenters. The number of benzene rings is 2. The molecule has 1 aromatic heterocycles. The molecule has 0 saturated heterocycles. The molecule has 0 fully saturated rings. The van der Waals surface area contributed by atoms with Gasteiger partial charge in [0.15, 0.2) is 11.5 Å². The van der Waals surface area contributed by atoms with Gasteiger partial charge in [-0.05, 0) is 74.1 Å². The smallest absolute Gasteiger partial charge is 0.384 e. The van der Waals surface area contributed by atoms with Crippen LogP contribution in [0.5, 0.6) is 0 Å². The minimum Gasteiger partial charge on any atom is -0.384 e. The zero-order valence-electron chi connectivity index (χ0n) is 22.2. The number of hydrogen-bond donors (Lipinski definition) is 1. The number of nitriles is 1.